The second kappa shape index (κ2) is 8.22. The molecule has 0 aliphatic carbocycles. The van der Waals surface area contributed by atoms with Crippen molar-refractivity contribution in [1.29, 1.82) is 0 Å². The Kier molecular flexibility index (Phi) is 5.39. The molecule has 1 saturated heterocycles. The number of benzene rings is 1. The number of nitrogens with zero attached hydrogens (tertiary/aromatic N) is 5. The van der Waals surface area contributed by atoms with Gasteiger partial charge in [-0.3, -0.25) is 4.68 Å². The topological polar surface area (TPSA) is 65.7 Å². The summed E-state index contributed by atoms with van der Waals surface area (Å²) in [5, 5.41) is 5.34. The second-order valence-corrected chi connectivity index (χ2v) is 8.78. The molecular formula is C24H23ClFN5O. The summed E-state index contributed by atoms with van der Waals surface area (Å²) >= 11 is 5.99. The zero-order valence-electron chi connectivity index (χ0n) is 18.1. The predicted octanol–water partition coefficient (Wildman–Crippen LogP) is 5.47. The molecule has 1 aromatic carbocycles. The standard InChI is InChI=1S/C24H23ClFN5O/c1-13-8-19-22(18-5-4-17(25)10-20(18)26)29-23(30-24(19)28-14(13)2)15-6-7-32-21(9-15)16-11-27-31(3)12-16/h4-5,8,10-12,15,21H,6-7,9H2,1-3H3. The maximum atomic E-state index is 14.9. The Morgan fingerprint density at radius 1 is 1.16 bits per heavy atom. The van der Waals surface area contributed by atoms with E-state index in [2.05, 4.69) is 5.10 Å². The van der Waals surface area contributed by atoms with E-state index < -0.39 is 5.82 Å². The zero-order valence-corrected chi connectivity index (χ0v) is 18.9. The molecule has 6 nitrogen and oxygen atoms in total. The molecule has 5 rings (SSSR count). The molecule has 0 saturated carbocycles. The van der Waals surface area contributed by atoms with E-state index in [0.717, 1.165) is 35.0 Å². The Morgan fingerprint density at radius 3 is 2.75 bits per heavy atom. The van der Waals surface area contributed by atoms with E-state index >= 15 is 0 Å². The maximum Gasteiger partial charge on any atom is 0.163 e. The van der Waals surface area contributed by atoms with Crippen LogP contribution in [0.4, 0.5) is 4.39 Å². The van der Waals surface area contributed by atoms with Crippen LogP contribution in [0.2, 0.25) is 5.02 Å². The van der Waals surface area contributed by atoms with Crippen molar-refractivity contribution in [3.8, 4) is 11.3 Å². The summed E-state index contributed by atoms with van der Waals surface area (Å²) in [5.74, 6) is 0.313. The van der Waals surface area contributed by atoms with Crippen molar-refractivity contribution in [2.75, 3.05) is 6.61 Å². The molecule has 0 N–H and O–H groups in total. The van der Waals surface area contributed by atoms with E-state index in [1.807, 2.05) is 39.4 Å². The molecule has 1 aliphatic rings. The molecule has 4 aromatic rings. The minimum atomic E-state index is -0.415. The molecule has 164 valence electrons. The Bertz CT molecular complexity index is 1320. The lowest BCUT2D eigenvalue weighted by Gasteiger charge is -2.28. The van der Waals surface area contributed by atoms with Crippen molar-refractivity contribution in [3.05, 3.63) is 70.1 Å². The number of rotatable bonds is 3. The van der Waals surface area contributed by atoms with Crippen LogP contribution in [0.1, 0.15) is 47.5 Å². The van der Waals surface area contributed by atoms with Crippen LogP contribution in [0.15, 0.2) is 36.7 Å². The minimum absolute atomic E-state index is 0.0656. The van der Waals surface area contributed by atoms with Gasteiger partial charge in [0.25, 0.3) is 0 Å². The van der Waals surface area contributed by atoms with E-state index in [9.17, 15) is 4.39 Å². The van der Waals surface area contributed by atoms with Gasteiger partial charge in [0.15, 0.2) is 5.65 Å². The lowest BCUT2D eigenvalue weighted by molar-refractivity contribution is 0.00398. The number of pyridine rings is 1. The summed E-state index contributed by atoms with van der Waals surface area (Å²) in [6.07, 6.45) is 5.23. The first-order valence-corrected chi connectivity index (χ1v) is 11.0. The molecule has 1 fully saturated rings. The minimum Gasteiger partial charge on any atom is -0.373 e. The summed E-state index contributed by atoms with van der Waals surface area (Å²) in [5.41, 5.74) is 4.44. The SMILES string of the molecule is Cc1cc2c(-c3ccc(Cl)cc3F)nc(C3CCOC(c4cnn(C)c4)C3)nc2nc1C. The van der Waals surface area contributed by atoms with E-state index in [0.29, 0.717) is 34.4 Å². The third kappa shape index (κ3) is 3.87. The lowest BCUT2D eigenvalue weighted by atomic mass is 9.92. The predicted molar refractivity (Wildman–Crippen MR) is 121 cm³/mol. The Morgan fingerprint density at radius 2 is 2.00 bits per heavy atom. The molecule has 1 aliphatic heterocycles. The van der Waals surface area contributed by atoms with E-state index in [-0.39, 0.29) is 12.0 Å². The summed E-state index contributed by atoms with van der Waals surface area (Å²) < 4.78 is 22.7. The average molecular weight is 452 g/mol. The monoisotopic (exact) mass is 451 g/mol. The second-order valence-electron chi connectivity index (χ2n) is 8.34. The fraction of sp³-hybridized carbons (Fsp3) is 0.333. The fourth-order valence-corrected chi connectivity index (χ4v) is 4.36. The summed E-state index contributed by atoms with van der Waals surface area (Å²) in [6, 6.07) is 6.63. The summed E-state index contributed by atoms with van der Waals surface area (Å²) in [7, 11) is 1.89. The molecule has 0 amide bonds. The quantitative estimate of drug-likeness (QED) is 0.413. The number of halogens is 2. The number of aryl methyl sites for hydroxylation is 3. The smallest absolute Gasteiger partial charge is 0.163 e. The van der Waals surface area contributed by atoms with Gasteiger partial charge in [-0.2, -0.15) is 5.10 Å². The fourth-order valence-electron chi connectivity index (χ4n) is 4.20. The van der Waals surface area contributed by atoms with E-state index in [1.54, 1.807) is 16.8 Å². The summed E-state index contributed by atoms with van der Waals surface area (Å²) in [4.78, 5) is 14.4. The van der Waals surface area contributed by atoms with Crippen LogP contribution in [0.5, 0.6) is 0 Å². The van der Waals surface area contributed by atoms with Gasteiger partial charge in [0.1, 0.15) is 11.6 Å². The molecule has 0 bridgehead atoms. The number of ether oxygens (including phenoxy) is 1. The third-order valence-corrected chi connectivity index (χ3v) is 6.32. The lowest BCUT2D eigenvalue weighted by Crippen LogP contribution is -2.20. The highest BCUT2D eigenvalue weighted by molar-refractivity contribution is 6.30. The highest BCUT2D eigenvalue weighted by atomic mass is 35.5. The molecule has 32 heavy (non-hydrogen) atoms. The van der Waals surface area contributed by atoms with Gasteiger partial charge >= 0.3 is 0 Å². The zero-order chi connectivity index (χ0) is 22.4. The van der Waals surface area contributed by atoms with Crippen LogP contribution in [-0.2, 0) is 11.8 Å². The maximum absolute atomic E-state index is 14.9. The van der Waals surface area contributed by atoms with Gasteiger partial charge in [-0.15, -0.1) is 0 Å². The number of hydrogen-bond acceptors (Lipinski definition) is 5. The molecule has 0 spiro atoms. The molecule has 8 heteroatoms. The first kappa shape index (κ1) is 21.0. The number of aromatic nitrogens is 5. The van der Waals surface area contributed by atoms with Crippen LogP contribution in [0.3, 0.4) is 0 Å². The third-order valence-electron chi connectivity index (χ3n) is 6.08. The van der Waals surface area contributed by atoms with Crippen molar-refractivity contribution in [1.82, 2.24) is 24.7 Å². The van der Waals surface area contributed by atoms with Crippen LogP contribution in [0, 0.1) is 19.7 Å². The Labute approximate surface area is 190 Å². The number of fused-ring (bicyclic) bond motifs is 1. The van der Waals surface area contributed by atoms with Crippen LogP contribution in [-0.4, -0.2) is 31.3 Å². The normalized spacial score (nSPS) is 18.9. The van der Waals surface area contributed by atoms with Crippen LogP contribution >= 0.6 is 11.6 Å². The first-order valence-electron chi connectivity index (χ1n) is 10.6. The van der Waals surface area contributed by atoms with E-state index in [1.165, 1.54) is 6.07 Å². The van der Waals surface area contributed by atoms with Crippen molar-refractivity contribution in [2.24, 2.45) is 7.05 Å². The van der Waals surface area contributed by atoms with Crippen molar-refractivity contribution >= 4 is 22.6 Å². The van der Waals surface area contributed by atoms with Crippen molar-refractivity contribution in [2.45, 2.75) is 38.7 Å². The molecule has 0 radical (unpaired) electrons. The van der Waals surface area contributed by atoms with Gasteiger partial charge in [-0.1, -0.05) is 11.6 Å². The van der Waals surface area contributed by atoms with Gasteiger partial charge in [0, 0.05) is 53.0 Å². The highest BCUT2D eigenvalue weighted by Crippen LogP contribution is 2.38. The highest BCUT2D eigenvalue weighted by Gasteiger charge is 2.29. The van der Waals surface area contributed by atoms with Crippen LogP contribution < -0.4 is 0 Å². The van der Waals surface area contributed by atoms with E-state index in [4.69, 9.17) is 31.3 Å². The van der Waals surface area contributed by atoms with Gasteiger partial charge in [-0.05, 0) is 56.5 Å². The van der Waals surface area contributed by atoms with Crippen LogP contribution in [0.25, 0.3) is 22.3 Å². The molecule has 2 atom stereocenters. The molecule has 4 heterocycles. The van der Waals surface area contributed by atoms with Crippen molar-refractivity contribution in [3.63, 3.8) is 0 Å². The van der Waals surface area contributed by atoms with Gasteiger partial charge in [0.2, 0.25) is 0 Å². The molecular weight excluding hydrogens is 429 g/mol. The van der Waals surface area contributed by atoms with Gasteiger partial charge in [-0.25, -0.2) is 19.3 Å². The summed E-state index contributed by atoms with van der Waals surface area (Å²) in [6.45, 7) is 4.53. The number of hydrogen-bond donors (Lipinski definition) is 0. The molecule has 2 unspecified atom stereocenters. The van der Waals surface area contributed by atoms with Gasteiger partial charge < -0.3 is 4.74 Å². The first-order chi connectivity index (χ1) is 15.4. The largest absolute Gasteiger partial charge is 0.373 e. The molecule has 3 aromatic heterocycles. The Hall–Kier alpha value is -2.90. The van der Waals surface area contributed by atoms with Crippen molar-refractivity contribution < 1.29 is 9.13 Å². The van der Waals surface area contributed by atoms with Gasteiger partial charge in [0.05, 0.1) is 18.0 Å². The average Bonchev–Trinajstić information content (AvgIpc) is 3.21. The Balaban J connectivity index is 1.62.